The normalized spacial score (nSPS) is 15.9. The van der Waals surface area contributed by atoms with E-state index in [0.29, 0.717) is 36.5 Å². The average molecular weight is 472 g/mol. The lowest BCUT2D eigenvalue weighted by molar-refractivity contribution is 0.0573. The van der Waals surface area contributed by atoms with Crippen molar-refractivity contribution < 1.29 is 23.5 Å². The fourth-order valence-corrected chi connectivity index (χ4v) is 4.31. The van der Waals surface area contributed by atoms with Crippen LogP contribution in [0, 0.1) is 5.82 Å². The summed E-state index contributed by atoms with van der Waals surface area (Å²) in [7, 11) is 1.61. The van der Waals surface area contributed by atoms with Crippen molar-refractivity contribution in [3.8, 4) is 16.9 Å². The number of nitrogens with one attached hydrogen (secondary N) is 1. The lowest BCUT2D eigenvalue weighted by Crippen LogP contribution is -2.51. The second-order valence-corrected chi connectivity index (χ2v) is 8.77. The Hall–Kier alpha value is -2.97. The van der Waals surface area contributed by atoms with Crippen LogP contribution in [0.4, 0.5) is 4.39 Å². The number of carbonyl (C=O) groups is 2. The van der Waals surface area contributed by atoms with Crippen LogP contribution in [-0.2, 0) is 4.74 Å². The second-order valence-electron chi connectivity index (χ2n) is 8.77. The van der Waals surface area contributed by atoms with E-state index in [1.807, 2.05) is 18.7 Å². The van der Waals surface area contributed by atoms with Gasteiger partial charge in [0.1, 0.15) is 11.6 Å². The number of hydrogen-bond acceptors (Lipinski definition) is 5. The number of methoxy groups -OCH3 is 1. The van der Waals surface area contributed by atoms with Crippen LogP contribution in [0.25, 0.3) is 11.1 Å². The molecule has 34 heavy (non-hydrogen) atoms. The molecule has 1 aliphatic heterocycles. The number of rotatable bonds is 10. The molecule has 0 spiro atoms. The van der Waals surface area contributed by atoms with Gasteiger partial charge in [-0.1, -0.05) is 0 Å². The fourth-order valence-electron chi connectivity index (χ4n) is 4.31. The molecule has 2 amide bonds. The van der Waals surface area contributed by atoms with Gasteiger partial charge in [-0.2, -0.15) is 0 Å². The molecular weight excluding hydrogens is 437 g/mol. The highest BCUT2D eigenvalue weighted by Crippen LogP contribution is 2.34. The Morgan fingerprint density at radius 1 is 1.15 bits per heavy atom. The van der Waals surface area contributed by atoms with E-state index in [1.165, 1.54) is 18.2 Å². The minimum Gasteiger partial charge on any atom is -0.493 e. The summed E-state index contributed by atoms with van der Waals surface area (Å²) in [5.41, 5.74) is 6.70. The Labute approximate surface area is 200 Å². The number of halogens is 1. The predicted octanol–water partition coefficient (Wildman–Crippen LogP) is 3.61. The minimum absolute atomic E-state index is 0.0211. The number of hydrogen-bond donors (Lipinski definition) is 2. The summed E-state index contributed by atoms with van der Waals surface area (Å²) in [5.74, 6) is -0.886. The fraction of sp³-hybridized carbons (Fsp3) is 0.462. The summed E-state index contributed by atoms with van der Waals surface area (Å²) in [4.78, 5) is 27.1. The number of ether oxygens (including phenoxy) is 2. The van der Waals surface area contributed by atoms with Crippen molar-refractivity contribution in [3.63, 3.8) is 0 Å². The maximum Gasteiger partial charge on any atom is 0.254 e. The summed E-state index contributed by atoms with van der Waals surface area (Å²) in [6, 6.07) is 9.10. The van der Waals surface area contributed by atoms with E-state index in [9.17, 15) is 14.0 Å². The van der Waals surface area contributed by atoms with Gasteiger partial charge in [-0.05, 0) is 69.6 Å². The molecule has 1 saturated heterocycles. The number of nitrogens with two attached hydrogens (primary N) is 1. The number of piperidine rings is 1. The molecule has 8 heteroatoms. The minimum atomic E-state index is -0.649. The van der Waals surface area contributed by atoms with Crippen molar-refractivity contribution in [1.29, 1.82) is 0 Å². The first-order valence-electron chi connectivity index (χ1n) is 11.7. The molecule has 3 N–H and O–H groups in total. The third-order valence-corrected chi connectivity index (χ3v) is 5.98. The van der Waals surface area contributed by atoms with E-state index in [-0.39, 0.29) is 29.1 Å². The molecule has 1 heterocycles. The maximum atomic E-state index is 14.8. The molecule has 0 unspecified atom stereocenters. The zero-order valence-corrected chi connectivity index (χ0v) is 20.1. The molecule has 1 aliphatic rings. The van der Waals surface area contributed by atoms with Crippen LogP contribution in [0.5, 0.6) is 5.75 Å². The van der Waals surface area contributed by atoms with Crippen molar-refractivity contribution in [2.75, 3.05) is 33.4 Å². The van der Waals surface area contributed by atoms with E-state index in [1.54, 1.807) is 25.3 Å². The summed E-state index contributed by atoms with van der Waals surface area (Å²) in [6.45, 7) is 6.57. The van der Waals surface area contributed by atoms with E-state index in [4.69, 9.17) is 15.2 Å². The smallest absolute Gasteiger partial charge is 0.254 e. The highest BCUT2D eigenvalue weighted by Gasteiger charge is 2.29. The first-order chi connectivity index (χ1) is 16.3. The van der Waals surface area contributed by atoms with E-state index in [0.717, 1.165) is 25.9 Å². The number of primary amides is 1. The van der Waals surface area contributed by atoms with E-state index in [2.05, 4.69) is 5.32 Å². The van der Waals surface area contributed by atoms with Crippen molar-refractivity contribution in [2.24, 2.45) is 5.73 Å². The molecule has 0 saturated carbocycles. The van der Waals surface area contributed by atoms with Crippen LogP contribution < -0.4 is 15.8 Å². The van der Waals surface area contributed by atoms with Crippen LogP contribution >= 0.6 is 0 Å². The first-order valence-corrected chi connectivity index (χ1v) is 11.7. The molecule has 0 radical (unpaired) electrons. The molecule has 7 nitrogen and oxygen atoms in total. The highest BCUT2D eigenvalue weighted by molar-refractivity contribution is 5.97. The highest BCUT2D eigenvalue weighted by atomic mass is 19.1. The zero-order valence-electron chi connectivity index (χ0n) is 20.1. The molecule has 0 aromatic heterocycles. The molecule has 1 fully saturated rings. The van der Waals surface area contributed by atoms with Gasteiger partial charge in [-0.25, -0.2) is 4.39 Å². The lowest BCUT2D eigenvalue weighted by atomic mass is 9.98. The second kappa shape index (κ2) is 11.9. The summed E-state index contributed by atoms with van der Waals surface area (Å²) in [5, 5.41) is 3.37. The van der Waals surface area contributed by atoms with Crippen LogP contribution in [0.15, 0.2) is 36.4 Å². The van der Waals surface area contributed by atoms with Gasteiger partial charge in [0, 0.05) is 61.0 Å². The van der Waals surface area contributed by atoms with Crippen molar-refractivity contribution >= 4 is 11.8 Å². The van der Waals surface area contributed by atoms with E-state index < -0.39 is 11.7 Å². The first kappa shape index (κ1) is 25.6. The van der Waals surface area contributed by atoms with Gasteiger partial charge in [-0.15, -0.1) is 0 Å². The number of amides is 2. The van der Waals surface area contributed by atoms with E-state index >= 15 is 0 Å². The van der Waals surface area contributed by atoms with Crippen LogP contribution in [-0.4, -0.2) is 62.2 Å². The van der Waals surface area contributed by atoms with Gasteiger partial charge < -0.3 is 25.4 Å². The SMILES string of the molecule is COCCCOc1cc(C(=O)N(C(C)C)[C@@H]2CCCNC2)ccc1-c1cc(C(N)=O)ccc1F. The molecule has 2 aromatic carbocycles. The molecule has 0 aliphatic carbocycles. The Kier molecular flexibility index (Phi) is 9.01. The molecule has 0 bridgehead atoms. The third kappa shape index (κ3) is 6.12. The Morgan fingerprint density at radius 3 is 2.56 bits per heavy atom. The van der Waals surface area contributed by atoms with Crippen LogP contribution in [0.3, 0.4) is 0 Å². The lowest BCUT2D eigenvalue weighted by Gasteiger charge is -2.37. The quantitative estimate of drug-likeness (QED) is 0.517. The number of benzene rings is 2. The third-order valence-electron chi connectivity index (χ3n) is 5.98. The molecule has 3 rings (SSSR count). The van der Waals surface area contributed by atoms with Gasteiger partial charge >= 0.3 is 0 Å². The largest absolute Gasteiger partial charge is 0.493 e. The number of carbonyl (C=O) groups excluding carboxylic acids is 2. The predicted molar refractivity (Wildman–Crippen MR) is 130 cm³/mol. The monoisotopic (exact) mass is 471 g/mol. The Morgan fingerprint density at radius 2 is 1.91 bits per heavy atom. The molecule has 1 atom stereocenters. The number of nitrogens with zero attached hydrogens (tertiary/aromatic N) is 1. The molecule has 2 aromatic rings. The van der Waals surface area contributed by atoms with Gasteiger partial charge in [0.15, 0.2) is 0 Å². The standard InChI is InChI=1S/C26H34FN3O4/c1-17(2)30(20-6-4-11-29-16-20)26(32)19-7-9-21(24(15-19)34-13-5-12-33-3)22-14-18(25(28)31)8-10-23(22)27/h7-10,14-15,17,20,29H,4-6,11-13,16H2,1-3H3,(H2,28,31)/t20-/m1/s1. The topological polar surface area (TPSA) is 93.9 Å². The summed E-state index contributed by atoms with van der Waals surface area (Å²) < 4.78 is 25.8. The van der Waals surface area contributed by atoms with Crippen LogP contribution in [0.1, 0.15) is 53.8 Å². The van der Waals surface area contributed by atoms with Crippen molar-refractivity contribution in [1.82, 2.24) is 10.2 Å². The molecular formula is C26H34FN3O4. The summed E-state index contributed by atoms with van der Waals surface area (Å²) >= 11 is 0. The van der Waals surface area contributed by atoms with Gasteiger partial charge in [-0.3, -0.25) is 9.59 Å². The Balaban J connectivity index is 1.99. The molecule has 184 valence electrons. The summed E-state index contributed by atoms with van der Waals surface area (Å²) in [6.07, 6.45) is 2.59. The average Bonchev–Trinajstić information content (AvgIpc) is 2.82. The van der Waals surface area contributed by atoms with Crippen molar-refractivity contribution in [3.05, 3.63) is 53.3 Å². The zero-order chi connectivity index (χ0) is 24.7. The van der Waals surface area contributed by atoms with Gasteiger partial charge in [0.05, 0.1) is 6.61 Å². The Bertz CT molecular complexity index is 1010. The van der Waals surface area contributed by atoms with Crippen molar-refractivity contribution in [2.45, 2.75) is 45.2 Å². The van der Waals surface area contributed by atoms with Gasteiger partial charge in [0.25, 0.3) is 5.91 Å². The van der Waals surface area contributed by atoms with Crippen LogP contribution in [0.2, 0.25) is 0 Å². The maximum absolute atomic E-state index is 14.8. The van der Waals surface area contributed by atoms with Gasteiger partial charge in [0.2, 0.25) is 5.91 Å².